The fraction of sp³-hybridized carbons (Fsp3) is 0.186. The number of ketones is 2. The Balaban J connectivity index is 0.000000244. The lowest BCUT2D eigenvalue weighted by atomic mass is 10.0. The van der Waals surface area contributed by atoms with Gasteiger partial charge in [-0.3, -0.25) is 19.0 Å². The summed E-state index contributed by atoms with van der Waals surface area (Å²) in [5.41, 5.74) is -0.579. The smallest absolute Gasteiger partial charge is 0.491 e. The first kappa shape index (κ1) is 49.0. The van der Waals surface area contributed by atoms with Crippen LogP contribution in [0.3, 0.4) is 0 Å². The van der Waals surface area contributed by atoms with Gasteiger partial charge < -0.3 is 14.2 Å². The molecule has 2 N–H and O–H groups in total. The van der Waals surface area contributed by atoms with Crippen molar-refractivity contribution >= 4 is 43.2 Å². The highest BCUT2D eigenvalue weighted by Gasteiger charge is 2.37. The van der Waals surface area contributed by atoms with Crippen LogP contribution in [0.25, 0.3) is 0 Å². The third-order valence-corrected chi connectivity index (χ3v) is 10.9. The molecule has 0 aliphatic heterocycles. The van der Waals surface area contributed by atoms with Gasteiger partial charge in [-0.05, 0) is 82.3 Å². The van der Waals surface area contributed by atoms with E-state index in [2.05, 4.69) is 24.4 Å². The summed E-state index contributed by atoms with van der Waals surface area (Å²) in [6.07, 6.45) is -8.88. The van der Waals surface area contributed by atoms with Gasteiger partial charge >= 0.3 is 12.5 Å². The average molecular weight is 946 g/mol. The Bertz CT molecular complexity index is 2830. The number of sulfonamides is 2. The second-order valence-electron chi connectivity index (χ2n) is 13.9. The molecule has 6 rings (SSSR count). The zero-order valence-corrected chi connectivity index (χ0v) is 36.0. The van der Waals surface area contributed by atoms with Crippen molar-refractivity contribution < 1.29 is 67.0 Å². The Morgan fingerprint density at radius 2 is 0.985 bits per heavy atom. The van der Waals surface area contributed by atoms with Gasteiger partial charge in [-0.2, -0.15) is 13.2 Å². The predicted octanol–water partition coefficient (Wildman–Crippen LogP) is 9.11. The number of halogens is 6. The van der Waals surface area contributed by atoms with Gasteiger partial charge in [-0.15, -0.1) is 13.2 Å². The Kier molecular flexibility index (Phi) is 15.2. The molecule has 14 nitrogen and oxygen atoms in total. The first-order valence-corrected chi connectivity index (χ1v) is 21.9. The minimum Gasteiger partial charge on any atom is -0.491 e. The quantitative estimate of drug-likeness (QED) is 0.0734. The van der Waals surface area contributed by atoms with Crippen LogP contribution < -0.4 is 23.7 Å². The summed E-state index contributed by atoms with van der Waals surface area (Å²) in [7, 11) is -8.60. The number of anilines is 2. The van der Waals surface area contributed by atoms with Gasteiger partial charge in [0, 0.05) is 17.3 Å². The van der Waals surface area contributed by atoms with Crippen molar-refractivity contribution in [1.82, 2.24) is 15.0 Å². The third-order valence-electron chi connectivity index (χ3n) is 8.17. The Morgan fingerprint density at radius 3 is 1.40 bits per heavy atom. The molecule has 4 aromatic carbocycles. The summed E-state index contributed by atoms with van der Waals surface area (Å²) in [5.74, 6) is -4.17. The van der Waals surface area contributed by atoms with Crippen LogP contribution >= 0.6 is 0 Å². The highest BCUT2D eigenvalue weighted by molar-refractivity contribution is 7.93. The second kappa shape index (κ2) is 20.2. The van der Waals surface area contributed by atoms with E-state index in [0.717, 1.165) is 6.07 Å². The van der Waals surface area contributed by atoms with Crippen molar-refractivity contribution in [1.29, 1.82) is 0 Å². The normalized spacial score (nSPS) is 11.9. The maximum Gasteiger partial charge on any atom is 0.573 e. The summed E-state index contributed by atoms with van der Waals surface area (Å²) < 4.78 is 148. The van der Waals surface area contributed by atoms with Gasteiger partial charge in [-0.25, -0.2) is 31.8 Å². The zero-order valence-electron chi connectivity index (χ0n) is 34.4. The largest absolute Gasteiger partial charge is 0.573 e. The zero-order chi connectivity index (χ0) is 47.7. The van der Waals surface area contributed by atoms with Crippen molar-refractivity contribution in [3.05, 3.63) is 156 Å². The highest BCUT2D eigenvalue weighted by Crippen LogP contribution is 2.31. The van der Waals surface area contributed by atoms with Crippen LogP contribution in [-0.2, 0) is 26.2 Å². The van der Waals surface area contributed by atoms with Crippen LogP contribution in [0.5, 0.6) is 17.2 Å². The van der Waals surface area contributed by atoms with E-state index in [-0.39, 0.29) is 33.1 Å². The van der Waals surface area contributed by atoms with Crippen molar-refractivity contribution in [3.8, 4) is 17.2 Å². The number of aromatic nitrogens is 3. The number of nitrogens with zero attached hydrogens (tertiary/aromatic N) is 3. The van der Waals surface area contributed by atoms with Crippen molar-refractivity contribution in [2.45, 2.75) is 62.2 Å². The number of ether oxygens (including phenoxy) is 3. The fourth-order valence-corrected chi connectivity index (χ4v) is 7.51. The van der Waals surface area contributed by atoms with E-state index in [9.17, 15) is 52.8 Å². The highest BCUT2D eigenvalue weighted by atomic mass is 32.2. The topological polar surface area (TPSA) is 193 Å². The van der Waals surface area contributed by atoms with Crippen LogP contribution in [0.1, 0.15) is 65.4 Å². The minimum atomic E-state index is -5.02. The summed E-state index contributed by atoms with van der Waals surface area (Å²) in [4.78, 5) is 35.5. The molecule has 342 valence electrons. The van der Waals surface area contributed by atoms with Gasteiger partial charge in [0.2, 0.25) is 5.82 Å². The van der Waals surface area contributed by atoms with Gasteiger partial charge in [0.1, 0.15) is 17.2 Å². The van der Waals surface area contributed by atoms with Crippen molar-refractivity contribution in [3.63, 3.8) is 0 Å². The van der Waals surface area contributed by atoms with E-state index in [1.165, 1.54) is 72.8 Å². The molecule has 2 heterocycles. The Hall–Kier alpha value is -7.07. The van der Waals surface area contributed by atoms with Gasteiger partial charge in [0.15, 0.2) is 23.2 Å². The molecule has 0 saturated carbocycles. The summed E-state index contributed by atoms with van der Waals surface area (Å²) in [5, 5.41) is 0. The summed E-state index contributed by atoms with van der Waals surface area (Å²) >= 11 is 0. The maximum atomic E-state index is 13.1. The number of alkyl halides is 6. The number of pyridine rings is 1. The number of rotatable bonds is 15. The van der Waals surface area contributed by atoms with Crippen LogP contribution in [0.15, 0.2) is 137 Å². The maximum absolute atomic E-state index is 13.1. The Morgan fingerprint density at radius 1 is 0.554 bits per heavy atom. The van der Waals surface area contributed by atoms with Gasteiger partial charge in [0.05, 0.1) is 39.3 Å². The minimum absolute atomic E-state index is 0.112. The molecule has 0 fully saturated rings. The first-order chi connectivity index (χ1) is 30.4. The molecule has 0 amide bonds. The van der Waals surface area contributed by atoms with E-state index < -0.39 is 78.5 Å². The SMILES string of the molecule is CC(C)Oc1ccc(S(=O)(=O)Nc2nc(C(F)(F)F)ncc2C(=O)c2ccccc2)cc1.CC(C)Oc1ccc(S(=O)(=O)Nc2ncc(OC(F)(F)F)cc2C(=O)c2ccccc2)cc1. The average Bonchev–Trinajstić information content (AvgIpc) is 3.23. The molecule has 65 heavy (non-hydrogen) atoms. The third kappa shape index (κ3) is 13.7. The van der Waals surface area contributed by atoms with Crippen molar-refractivity contribution in [2.75, 3.05) is 9.44 Å². The molecule has 0 radical (unpaired) electrons. The van der Waals surface area contributed by atoms with E-state index >= 15 is 0 Å². The summed E-state index contributed by atoms with van der Waals surface area (Å²) in [6, 6.07) is 26.8. The molecule has 0 bridgehead atoms. The lowest BCUT2D eigenvalue weighted by molar-refractivity contribution is -0.274. The molecule has 0 atom stereocenters. The van der Waals surface area contributed by atoms with Crippen molar-refractivity contribution in [2.24, 2.45) is 0 Å². The molecule has 0 unspecified atom stereocenters. The molecule has 0 aliphatic carbocycles. The number of benzene rings is 4. The van der Waals surface area contributed by atoms with E-state index in [0.29, 0.717) is 23.9 Å². The number of carbonyl (C=O) groups excluding carboxylic acids is 2. The van der Waals surface area contributed by atoms with E-state index in [1.807, 2.05) is 18.6 Å². The number of nitrogens with one attached hydrogen (secondary N) is 2. The molecule has 0 saturated heterocycles. The first-order valence-electron chi connectivity index (χ1n) is 18.9. The molecular weight excluding hydrogens is 909 g/mol. The molecule has 2 aromatic heterocycles. The summed E-state index contributed by atoms with van der Waals surface area (Å²) in [6.45, 7) is 7.22. The Labute approximate surface area is 368 Å². The fourth-order valence-electron chi connectivity index (χ4n) is 5.45. The molecule has 0 spiro atoms. The lowest BCUT2D eigenvalue weighted by Gasteiger charge is -2.15. The number of hydrogen-bond acceptors (Lipinski definition) is 12. The lowest BCUT2D eigenvalue weighted by Crippen LogP contribution is -2.20. The molecule has 22 heteroatoms. The van der Waals surface area contributed by atoms with E-state index in [4.69, 9.17) is 9.47 Å². The predicted molar refractivity (Wildman–Crippen MR) is 224 cm³/mol. The van der Waals surface area contributed by atoms with Gasteiger partial charge in [-0.1, -0.05) is 60.7 Å². The number of carbonyl (C=O) groups is 2. The number of hydrogen-bond donors (Lipinski definition) is 2. The second-order valence-corrected chi connectivity index (χ2v) is 17.3. The monoisotopic (exact) mass is 945 g/mol. The standard InChI is InChI=1S/C22H19F3N2O5S.C21H18F3N3O4S/c1-14(2)31-16-8-10-18(11-9-16)33(29,30)27-21-19(20(28)15-6-4-3-5-7-15)12-17(13-26-21)32-22(23,24)25;1-13(2)31-15-8-10-16(11-9-15)32(29,30)27-19-17(12-25-20(26-19)21(22,23)24)18(28)14-6-4-3-5-7-14/h3-14H,1-2H3,(H,26,27);3-13H,1-2H3,(H,25,26,27). The van der Waals surface area contributed by atoms with Crippen LogP contribution in [0, 0.1) is 0 Å². The molecule has 6 aromatic rings. The molecular formula is C43H37F6N5O9S2. The van der Waals surface area contributed by atoms with Crippen LogP contribution in [0.2, 0.25) is 0 Å². The van der Waals surface area contributed by atoms with Crippen LogP contribution in [0.4, 0.5) is 38.0 Å². The van der Waals surface area contributed by atoms with Gasteiger partial charge in [0.25, 0.3) is 20.0 Å². The van der Waals surface area contributed by atoms with E-state index in [1.54, 1.807) is 50.2 Å². The molecule has 0 aliphatic rings. The van der Waals surface area contributed by atoms with Crippen LogP contribution in [-0.4, -0.2) is 61.9 Å².